The van der Waals surface area contributed by atoms with E-state index in [0.717, 1.165) is 23.1 Å². The van der Waals surface area contributed by atoms with E-state index in [2.05, 4.69) is 97.9 Å². The number of aromatic nitrogens is 3. The highest BCUT2D eigenvalue weighted by molar-refractivity contribution is 6.00. The fourth-order valence-electron chi connectivity index (χ4n) is 7.18. The normalized spacial score (nSPS) is 24.0. The number of rotatable bonds is 0. The maximum absolute atomic E-state index is 5.35. The van der Waals surface area contributed by atoms with Crippen LogP contribution in [0.4, 0.5) is 0 Å². The molecule has 3 heteroatoms. The molecule has 1 aromatic carbocycles. The topological polar surface area (TPSA) is 30.2 Å². The molecule has 3 nitrogen and oxygen atoms in total. The first kappa shape index (κ1) is 22.1. The van der Waals surface area contributed by atoms with Crippen LogP contribution in [-0.4, -0.2) is 14.4 Å². The van der Waals surface area contributed by atoms with Gasteiger partial charge in [0.25, 0.3) is 0 Å². The first-order valence-corrected chi connectivity index (χ1v) is 13.0. The largest absolute Gasteiger partial charge is 0.295 e. The van der Waals surface area contributed by atoms with Gasteiger partial charge >= 0.3 is 0 Å². The van der Waals surface area contributed by atoms with Gasteiger partial charge in [-0.15, -0.1) is 0 Å². The molecule has 3 bridgehead atoms. The van der Waals surface area contributed by atoms with Gasteiger partial charge in [-0.25, -0.2) is 4.98 Å². The van der Waals surface area contributed by atoms with E-state index in [9.17, 15) is 0 Å². The predicted molar refractivity (Wildman–Crippen MR) is 143 cm³/mol. The Balaban J connectivity index is 1.89. The van der Waals surface area contributed by atoms with E-state index in [1.54, 1.807) is 0 Å². The average Bonchev–Trinajstić information content (AvgIpc) is 3.15. The van der Waals surface area contributed by atoms with Gasteiger partial charge in [0.1, 0.15) is 5.65 Å². The quantitative estimate of drug-likeness (QED) is 0.269. The van der Waals surface area contributed by atoms with Gasteiger partial charge in [-0.2, -0.15) is 0 Å². The summed E-state index contributed by atoms with van der Waals surface area (Å²) in [5.74, 6) is 0.416. The molecule has 0 saturated heterocycles. The Morgan fingerprint density at radius 1 is 0.853 bits per heavy atom. The SMILES string of the molecule is CC1CC2(C)CC(C)(C)c3cc4c(cc32)nc2c3c1cc(C(C)(C)C)nc3cc(C(C)(C)C)n42. The van der Waals surface area contributed by atoms with Crippen LogP contribution in [0.1, 0.15) is 116 Å². The molecular weight excluding hydrogens is 414 g/mol. The Hall–Kier alpha value is -2.42. The van der Waals surface area contributed by atoms with Crippen molar-refractivity contribution in [3.8, 4) is 0 Å². The zero-order valence-electron chi connectivity index (χ0n) is 22.6. The Bertz CT molecular complexity index is 1520. The maximum Gasteiger partial charge on any atom is 0.147 e. The fourth-order valence-corrected chi connectivity index (χ4v) is 7.18. The van der Waals surface area contributed by atoms with Crippen LogP contribution < -0.4 is 0 Å². The van der Waals surface area contributed by atoms with Gasteiger partial charge < -0.3 is 0 Å². The van der Waals surface area contributed by atoms with Crippen molar-refractivity contribution < 1.29 is 0 Å². The molecule has 34 heavy (non-hydrogen) atoms. The highest BCUT2D eigenvalue weighted by atomic mass is 15.0. The van der Waals surface area contributed by atoms with Crippen LogP contribution in [0.25, 0.3) is 27.6 Å². The smallest absolute Gasteiger partial charge is 0.147 e. The van der Waals surface area contributed by atoms with Crippen molar-refractivity contribution in [1.82, 2.24) is 14.4 Å². The van der Waals surface area contributed by atoms with Gasteiger partial charge in [-0.05, 0) is 70.5 Å². The van der Waals surface area contributed by atoms with E-state index in [-0.39, 0.29) is 21.7 Å². The lowest BCUT2D eigenvalue weighted by molar-refractivity contribution is 0.337. The van der Waals surface area contributed by atoms with Crippen LogP contribution in [0.5, 0.6) is 0 Å². The van der Waals surface area contributed by atoms with E-state index in [4.69, 9.17) is 9.97 Å². The number of pyridine rings is 2. The minimum absolute atomic E-state index is 0.00745. The van der Waals surface area contributed by atoms with Crippen molar-refractivity contribution >= 4 is 27.6 Å². The van der Waals surface area contributed by atoms with Gasteiger partial charge in [0, 0.05) is 27.6 Å². The minimum atomic E-state index is -0.0332. The summed E-state index contributed by atoms with van der Waals surface area (Å²) in [4.78, 5) is 10.6. The Labute approximate surface area is 204 Å². The number of nitrogens with zero attached hydrogens (tertiary/aromatic N) is 3. The summed E-state index contributed by atoms with van der Waals surface area (Å²) in [5.41, 5.74) is 11.7. The van der Waals surface area contributed by atoms with Crippen LogP contribution in [0.15, 0.2) is 24.3 Å². The van der Waals surface area contributed by atoms with Crippen LogP contribution in [0.2, 0.25) is 0 Å². The van der Waals surface area contributed by atoms with E-state index in [0.29, 0.717) is 5.92 Å². The van der Waals surface area contributed by atoms with Crippen molar-refractivity contribution in [2.45, 2.75) is 110 Å². The molecule has 0 fully saturated rings. The third-order valence-corrected chi connectivity index (χ3v) is 8.65. The number of hydrogen-bond acceptors (Lipinski definition) is 2. The number of hydrogen-bond donors (Lipinski definition) is 0. The minimum Gasteiger partial charge on any atom is -0.295 e. The molecule has 0 spiro atoms. The molecule has 3 aromatic heterocycles. The molecule has 1 aliphatic heterocycles. The lowest BCUT2D eigenvalue weighted by Crippen LogP contribution is -2.25. The zero-order valence-corrected chi connectivity index (χ0v) is 22.6. The summed E-state index contributed by atoms with van der Waals surface area (Å²) in [6.45, 7) is 23.5. The standard InChI is InChI=1S/C31H39N3/c1-17-15-31(10)16-30(8,9)19-13-23-21(12-20(19)31)33-27-26-18(17)11-24(28(2,3)4)32-22(26)14-25(34(23)27)29(5,6)7/h11-14,17H,15-16H2,1-10H3. The lowest BCUT2D eigenvalue weighted by atomic mass is 9.72. The van der Waals surface area contributed by atoms with Crippen molar-refractivity contribution in [3.63, 3.8) is 0 Å². The van der Waals surface area contributed by atoms with Crippen LogP contribution in [0.3, 0.4) is 0 Å². The summed E-state index contributed by atoms with van der Waals surface area (Å²) in [7, 11) is 0. The monoisotopic (exact) mass is 453 g/mol. The number of fused-ring (bicyclic) bond motifs is 1. The second kappa shape index (κ2) is 6.22. The van der Waals surface area contributed by atoms with Crippen molar-refractivity contribution in [3.05, 3.63) is 52.3 Å². The molecule has 0 amide bonds. The van der Waals surface area contributed by atoms with Gasteiger partial charge in [0.2, 0.25) is 0 Å². The first-order chi connectivity index (χ1) is 15.6. The number of imidazole rings is 1. The molecule has 1 aliphatic carbocycles. The third-order valence-electron chi connectivity index (χ3n) is 8.65. The predicted octanol–water partition coefficient (Wildman–Crippen LogP) is 8.08. The fraction of sp³-hybridized carbons (Fsp3) is 0.548. The molecule has 0 saturated carbocycles. The molecule has 4 heterocycles. The Morgan fingerprint density at radius 3 is 2.21 bits per heavy atom. The van der Waals surface area contributed by atoms with Gasteiger partial charge in [-0.3, -0.25) is 9.38 Å². The lowest BCUT2D eigenvalue weighted by Gasteiger charge is -2.32. The second-order valence-corrected chi connectivity index (χ2v) is 14.3. The molecule has 0 radical (unpaired) electrons. The molecule has 178 valence electrons. The van der Waals surface area contributed by atoms with Crippen molar-refractivity contribution in [2.24, 2.45) is 0 Å². The van der Waals surface area contributed by atoms with E-state index >= 15 is 0 Å². The number of benzene rings is 1. The Kier molecular flexibility index (Phi) is 4.04. The van der Waals surface area contributed by atoms with Crippen LogP contribution in [0, 0.1) is 0 Å². The van der Waals surface area contributed by atoms with Gasteiger partial charge in [0.15, 0.2) is 0 Å². The van der Waals surface area contributed by atoms with E-state index < -0.39 is 0 Å². The first-order valence-electron chi connectivity index (χ1n) is 13.0. The highest BCUT2D eigenvalue weighted by Gasteiger charge is 2.46. The molecule has 2 unspecified atom stereocenters. The molecule has 4 aromatic rings. The molecule has 0 N–H and O–H groups in total. The summed E-state index contributed by atoms with van der Waals surface area (Å²) in [5, 5.41) is 1.25. The summed E-state index contributed by atoms with van der Waals surface area (Å²) in [6.07, 6.45) is 2.33. The molecule has 6 rings (SSSR count). The van der Waals surface area contributed by atoms with Crippen LogP contribution >= 0.6 is 0 Å². The molecule has 2 aliphatic rings. The third kappa shape index (κ3) is 2.82. The second-order valence-electron chi connectivity index (χ2n) is 14.3. The highest BCUT2D eigenvalue weighted by Crippen LogP contribution is 2.55. The van der Waals surface area contributed by atoms with Crippen LogP contribution in [-0.2, 0) is 21.7 Å². The zero-order chi connectivity index (χ0) is 24.6. The van der Waals surface area contributed by atoms with Crippen molar-refractivity contribution in [1.29, 1.82) is 0 Å². The summed E-state index contributed by atoms with van der Waals surface area (Å²) < 4.78 is 2.46. The molecule has 2 atom stereocenters. The summed E-state index contributed by atoms with van der Waals surface area (Å²) >= 11 is 0. The van der Waals surface area contributed by atoms with E-state index in [1.807, 2.05) is 0 Å². The van der Waals surface area contributed by atoms with E-state index in [1.165, 1.54) is 45.4 Å². The molecular formula is C31H39N3. The van der Waals surface area contributed by atoms with Crippen molar-refractivity contribution in [2.75, 3.05) is 0 Å². The maximum atomic E-state index is 5.35. The van der Waals surface area contributed by atoms with Gasteiger partial charge in [-0.1, -0.05) is 69.2 Å². The van der Waals surface area contributed by atoms with Gasteiger partial charge in [0.05, 0.1) is 16.6 Å². The summed E-state index contributed by atoms with van der Waals surface area (Å²) in [6, 6.07) is 9.66. The average molecular weight is 454 g/mol. The Morgan fingerprint density at radius 2 is 1.56 bits per heavy atom.